The van der Waals surface area contributed by atoms with Crippen LogP contribution in [0.3, 0.4) is 0 Å². The third kappa shape index (κ3) is 5.09. The van der Waals surface area contributed by atoms with E-state index in [1.165, 1.54) is 22.3 Å². The van der Waals surface area contributed by atoms with Crippen LogP contribution in [0.4, 0.5) is 0 Å². The molecule has 0 atom stereocenters. The van der Waals surface area contributed by atoms with Crippen molar-refractivity contribution in [1.29, 1.82) is 5.26 Å². The van der Waals surface area contributed by atoms with Crippen LogP contribution >= 0.6 is 0 Å². The topological polar surface area (TPSA) is 62.5 Å². The first-order valence-corrected chi connectivity index (χ1v) is 15.8. The lowest BCUT2D eigenvalue weighted by atomic mass is 9.81. The van der Waals surface area contributed by atoms with Crippen LogP contribution in [0.25, 0.3) is 67.5 Å². The second-order valence-electron chi connectivity index (χ2n) is 12.5. The maximum atomic E-state index is 9.49. The molecule has 0 radical (unpaired) electrons. The van der Waals surface area contributed by atoms with Crippen LogP contribution < -0.4 is 0 Å². The number of benzene rings is 6. The van der Waals surface area contributed by atoms with Gasteiger partial charge in [0.2, 0.25) is 0 Å². The van der Waals surface area contributed by atoms with E-state index in [0.717, 1.165) is 38.9 Å². The lowest BCUT2D eigenvalue weighted by Crippen LogP contribution is -2.15. The second-order valence-corrected chi connectivity index (χ2v) is 12.5. The summed E-state index contributed by atoms with van der Waals surface area (Å²) in [5.74, 6) is 1.90. The summed E-state index contributed by atoms with van der Waals surface area (Å²) in [4.78, 5) is 14.9. The second kappa shape index (κ2) is 11.3. The van der Waals surface area contributed by atoms with Crippen molar-refractivity contribution >= 4 is 0 Å². The van der Waals surface area contributed by atoms with Crippen LogP contribution in [0.5, 0.6) is 0 Å². The number of aromatic nitrogens is 3. The third-order valence-electron chi connectivity index (χ3n) is 9.18. The number of hydrogen-bond donors (Lipinski definition) is 0. The van der Waals surface area contributed by atoms with Crippen LogP contribution in [0, 0.1) is 11.3 Å². The summed E-state index contributed by atoms with van der Waals surface area (Å²) in [5, 5.41) is 9.49. The lowest BCUT2D eigenvalue weighted by molar-refractivity contribution is 0.660. The van der Waals surface area contributed by atoms with E-state index in [0.29, 0.717) is 23.0 Å². The molecule has 0 aliphatic heterocycles. The fourth-order valence-electron chi connectivity index (χ4n) is 6.62. The normalized spacial score (nSPS) is 12.6. The molecule has 1 heterocycles. The first-order valence-electron chi connectivity index (χ1n) is 15.8. The van der Waals surface area contributed by atoms with Crippen molar-refractivity contribution in [3.63, 3.8) is 0 Å². The van der Waals surface area contributed by atoms with Crippen LogP contribution in [0.1, 0.15) is 30.5 Å². The molecule has 1 aliphatic rings. The van der Waals surface area contributed by atoms with Crippen LogP contribution in [0.15, 0.2) is 146 Å². The summed E-state index contributed by atoms with van der Waals surface area (Å²) in [7, 11) is 0. The Morgan fingerprint density at radius 1 is 0.426 bits per heavy atom. The molecule has 4 nitrogen and oxygen atoms in total. The zero-order valence-electron chi connectivity index (χ0n) is 26.1. The van der Waals surface area contributed by atoms with Crippen LogP contribution in [-0.2, 0) is 5.41 Å². The average molecular weight is 603 g/mol. The van der Waals surface area contributed by atoms with Crippen molar-refractivity contribution < 1.29 is 0 Å². The molecule has 1 aliphatic carbocycles. The first-order chi connectivity index (χ1) is 23.0. The molecular formula is C43H30N4. The molecule has 1 aromatic heterocycles. The molecule has 0 amide bonds. The molecule has 47 heavy (non-hydrogen) atoms. The van der Waals surface area contributed by atoms with Crippen molar-refractivity contribution in [3.8, 4) is 73.6 Å². The number of nitrogens with zero attached hydrogens (tertiary/aromatic N) is 4. The summed E-state index contributed by atoms with van der Waals surface area (Å²) < 4.78 is 0. The van der Waals surface area contributed by atoms with Gasteiger partial charge < -0.3 is 0 Å². The Morgan fingerprint density at radius 3 is 1.53 bits per heavy atom. The van der Waals surface area contributed by atoms with Crippen molar-refractivity contribution in [2.24, 2.45) is 0 Å². The predicted molar refractivity (Wildman–Crippen MR) is 189 cm³/mol. The number of fused-ring (bicyclic) bond motifs is 3. The van der Waals surface area contributed by atoms with Gasteiger partial charge in [-0.3, -0.25) is 0 Å². The highest BCUT2D eigenvalue weighted by Crippen LogP contribution is 2.50. The summed E-state index contributed by atoms with van der Waals surface area (Å²) in [6.45, 7) is 4.48. The number of rotatable bonds is 5. The molecule has 0 spiro atoms. The molecule has 0 fully saturated rings. The summed E-state index contributed by atoms with van der Waals surface area (Å²) in [6.07, 6.45) is 0. The average Bonchev–Trinajstić information content (AvgIpc) is 3.37. The van der Waals surface area contributed by atoms with Crippen LogP contribution in [0.2, 0.25) is 0 Å². The Hall–Kier alpha value is -6.18. The Balaban J connectivity index is 1.17. The molecule has 8 rings (SSSR count). The molecule has 6 aromatic carbocycles. The molecule has 0 N–H and O–H groups in total. The van der Waals surface area contributed by atoms with Gasteiger partial charge in [-0.2, -0.15) is 5.26 Å². The van der Waals surface area contributed by atoms with E-state index in [9.17, 15) is 5.26 Å². The minimum absolute atomic E-state index is 0.194. The van der Waals surface area contributed by atoms with Gasteiger partial charge in [-0.15, -0.1) is 0 Å². The minimum Gasteiger partial charge on any atom is -0.208 e. The predicted octanol–water partition coefficient (Wildman–Crippen LogP) is 10.4. The van der Waals surface area contributed by atoms with Gasteiger partial charge in [0, 0.05) is 22.1 Å². The molecule has 0 saturated heterocycles. The fourth-order valence-corrected chi connectivity index (χ4v) is 6.62. The monoisotopic (exact) mass is 602 g/mol. The Bertz CT molecular complexity index is 2320. The highest BCUT2D eigenvalue weighted by atomic mass is 15.0. The molecule has 222 valence electrons. The van der Waals surface area contributed by atoms with E-state index >= 15 is 0 Å². The smallest absolute Gasteiger partial charge is 0.164 e. The first kappa shape index (κ1) is 28.3. The number of nitriles is 1. The van der Waals surface area contributed by atoms with Crippen molar-refractivity contribution in [3.05, 3.63) is 162 Å². The van der Waals surface area contributed by atoms with Gasteiger partial charge >= 0.3 is 0 Å². The quantitative estimate of drug-likeness (QED) is 0.197. The molecule has 0 saturated carbocycles. The van der Waals surface area contributed by atoms with Crippen molar-refractivity contribution in [2.45, 2.75) is 19.3 Å². The van der Waals surface area contributed by atoms with Gasteiger partial charge in [0.05, 0.1) is 11.6 Å². The lowest BCUT2D eigenvalue weighted by Gasteiger charge is -2.22. The molecular weight excluding hydrogens is 573 g/mol. The van der Waals surface area contributed by atoms with E-state index in [1.54, 1.807) is 0 Å². The standard InChI is InChI=1S/C43H30N4/c1-43(2)38-24-28(27-44)16-22-36(38)37-23-21-34(26-39(37)43)30-17-19-32(20-18-30)41-45-40(31-12-7-4-8-13-31)46-42(47-41)35-15-9-14-33(25-35)29-10-5-3-6-11-29/h3-26H,1-2H3. The van der Waals surface area contributed by atoms with E-state index in [4.69, 9.17) is 15.0 Å². The van der Waals surface area contributed by atoms with Gasteiger partial charge in [-0.05, 0) is 68.8 Å². The molecule has 0 unspecified atom stereocenters. The third-order valence-corrected chi connectivity index (χ3v) is 9.18. The summed E-state index contributed by atoms with van der Waals surface area (Å²) in [5.41, 5.74) is 12.7. The summed E-state index contributed by atoms with van der Waals surface area (Å²) >= 11 is 0. The molecule has 4 heteroatoms. The Kier molecular flexibility index (Phi) is 6.82. The zero-order chi connectivity index (χ0) is 32.0. The maximum absolute atomic E-state index is 9.49. The molecule has 0 bridgehead atoms. The fraction of sp³-hybridized carbons (Fsp3) is 0.0698. The van der Waals surface area contributed by atoms with E-state index in [1.807, 2.05) is 60.7 Å². The van der Waals surface area contributed by atoms with Crippen molar-refractivity contribution in [1.82, 2.24) is 15.0 Å². The largest absolute Gasteiger partial charge is 0.208 e. The number of hydrogen-bond acceptors (Lipinski definition) is 4. The van der Waals surface area contributed by atoms with Crippen LogP contribution in [-0.4, -0.2) is 15.0 Å². The van der Waals surface area contributed by atoms with E-state index < -0.39 is 0 Å². The van der Waals surface area contributed by atoms with Gasteiger partial charge in [0.15, 0.2) is 17.5 Å². The Labute approximate surface area is 274 Å². The highest BCUT2D eigenvalue weighted by Gasteiger charge is 2.35. The SMILES string of the molecule is CC1(C)c2cc(C#N)ccc2-c2ccc(-c3ccc(-c4nc(-c5ccccc5)nc(-c5cccc(-c6ccccc6)c5)n4)cc3)cc21. The highest BCUT2D eigenvalue weighted by molar-refractivity contribution is 5.84. The van der Waals surface area contributed by atoms with Gasteiger partial charge in [0.1, 0.15) is 0 Å². The maximum Gasteiger partial charge on any atom is 0.164 e. The molecule has 7 aromatic rings. The van der Waals surface area contributed by atoms with Gasteiger partial charge in [-0.1, -0.05) is 135 Å². The van der Waals surface area contributed by atoms with Gasteiger partial charge in [-0.25, -0.2) is 15.0 Å². The van der Waals surface area contributed by atoms with Crippen molar-refractivity contribution in [2.75, 3.05) is 0 Å². The minimum atomic E-state index is -0.194. The zero-order valence-corrected chi connectivity index (χ0v) is 26.1. The van der Waals surface area contributed by atoms with Gasteiger partial charge in [0.25, 0.3) is 0 Å². The van der Waals surface area contributed by atoms with E-state index in [2.05, 4.69) is 105 Å². The van der Waals surface area contributed by atoms with E-state index in [-0.39, 0.29) is 5.41 Å². The summed E-state index contributed by atoms with van der Waals surface area (Å²) in [6, 6.07) is 52.3. The Morgan fingerprint density at radius 2 is 0.872 bits per heavy atom.